The topological polar surface area (TPSA) is 30.8 Å². The molecule has 0 saturated heterocycles. The molecule has 0 saturated carbocycles. The van der Waals surface area contributed by atoms with E-state index >= 15 is 0 Å². The molecule has 5 heteroatoms. The van der Waals surface area contributed by atoms with Crippen molar-refractivity contribution in [2.24, 2.45) is 4.99 Å². The lowest BCUT2D eigenvalue weighted by atomic mass is 10.1. The molecule has 2 rings (SSSR count). The van der Waals surface area contributed by atoms with Crippen LogP contribution in [0, 0.1) is 0 Å². The molecule has 2 aromatic rings. The van der Waals surface area contributed by atoms with Crippen molar-refractivity contribution < 1.29 is 9.47 Å². The zero-order valence-corrected chi connectivity index (χ0v) is 16.3. The Hall–Kier alpha value is -1.69. The van der Waals surface area contributed by atoms with E-state index in [1.165, 1.54) is 0 Å². The highest BCUT2D eigenvalue weighted by Crippen LogP contribution is 2.27. The second kappa shape index (κ2) is 9.57. The van der Waals surface area contributed by atoms with E-state index in [2.05, 4.69) is 18.5 Å². The average molecular weight is 359 g/mol. The van der Waals surface area contributed by atoms with E-state index in [0.29, 0.717) is 0 Å². The smallest absolute Gasteiger partial charge is 0.127 e. The Morgan fingerprint density at radius 2 is 1.42 bits per heavy atom. The van der Waals surface area contributed by atoms with Crippen LogP contribution < -0.4 is 9.47 Å². The van der Waals surface area contributed by atoms with Crippen molar-refractivity contribution in [1.82, 2.24) is 0 Å². The van der Waals surface area contributed by atoms with Crippen molar-refractivity contribution >= 4 is 29.8 Å². The third-order valence-corrected chi connectivity index (χ3v) is 4.49. The molecule has 2 aromatic carbocycles. The Morgan fingerprint density at radius 3 is 1.96 bits per heavy atom. The number of allylic oxidation sites excluding steroid dienone is 1. The van der Waals surface area contributed by atoms with Crippen molar-refractivity contribution in [3.63, 3.8) is 0 Å². The van der Waals surface area contributed by atoms with Gasteiger partial charge in [-0.25, -0.2) is 0 Å². The molecule has 0 amide bonds. The molecule has 0 spiro atoms. The highest BCUT2D eigenvalue weighted by Gasteiger charge is 2.09. The van der Waals surface area contributed by atoms with Crippen molar-refractivity contribution in [3.8, 4) is 11.5 Å². The van der Waals surface area contributed by atoms with Gasteiger partial charge in [-0.2, -0.15) is 0 Å². The molecule has 3 nitrogen and oxygen atoms in total. The summed E-state index contributed by atoms with van der Waals surface area (Å²) in [5, 5.41) is 0. The predicted octanol–water partition coefficient (Wildman–Crippen LogP) is 4.28. The summed E-state index contributed by atoms with van der Waals surface area (Å²) < 4.78 is 10.9. The molecule has 2 atom stereocenters. The van der Waals surface area contributed by atoms with Crippen LogP contribution in [0.2, 0.25) is 0 Å². The maximum Gasteiger partial charge on any atom is 0.127 e. The highest BCUT2D eigenvalue weighted by atomic mass is 31.0. The minimum atomic E-state index is 0.743. The highest BCUT2D eigenvalue weighted by molar-refractivity contribution is 7.18. The Labute approximate surface area is 148 Å². The Morgan fingerprint density at radius 1 is 0.875 bits per heavy atom. The molecular weight excluding hydrogens is 336 g/mol. The third-order valence-electron chi connectivity index (χ3n) is 3.66. The summed E-state index contributed by atoms with van der Waals surface area (Å²) in [6.07, 6.45) is 3.45. The van der Waals surface area contributed by atoms with Crippen LogP contribution >= 0.6 is 18.5 Å². The lowest BCUT2D eigenvalue weighted by molar-refractivity contribution is 0.413. The number of hydrogen-bond donors (Lipinski definition) is 0. The summed E-state index contributed by atoms with van der Waals surface area (Å²) in [5.41, 5.74) is 4.13. The Balaban J connectivity index is 2.44. The Kier molecular flexibility index (Phi) is 7.43. The number of ether oxygens (including phenoxy) is 2. The first kappa shape index (κ1) is 18.6. The van der Waals surface area contributed by atoms with Gasteiger partial charge in [0, 0.05) is 23.5 Å². The van der Waals surface area contributed by atoms with E-state index in [1.807, 2.05) is 54.7 Å². The minimum absolute atomic E-state index is 0.743. The van der Waals surface area contributed by atoms with E-state index in [0.717, 1.165) is 46.2 Å². The zero-order valence-electron chi connectivity index (χ0n) is 14.0. The number of aliphatic imine (C=N–C) groups is 1. The lowest BCUT2D eigenvalue weighted by Gasteiger charge is -2.11. The maximum absolute atomic E-state index is 5.46. The van der Waals surface area contributed by atoms with Crippen molar-refractivity contribution in [3.05, 3.63) is 65.9 Å². The summed E-state index contributed by atoms with van der Waals surface area (Å²) in [4.78, 5) is 4.73. The molecule has 0 aliphatic heterocycles. The molecule has 0 N–H and O–H groups in total. The number of benzene rings is 2. The minimum Gasteiger partial charge on any atom is -0.496 e. The van der Waals surface area contributed by atoms with Crippen LogP contribution in [-0.2, 0) is 0 Å². The van der Waals surface area contributed by atoms with Crippen LogP contribution in [0.4, 0.5) is 0 Å². The quantitative estimate of drug-likeness (QED) is 0.546. The molecule has 0 aliphatic rings. The third kappa shape index (κ3) is 4.44. The monoisotopic (exact) mass is 359 g/mol. The first-order valence-corrected chi connectivity index (χ1v) is 9.31. The van der Waals surface area contributed by atoms with Gasteiger partial charge in [0.2, 0.25) is 0 Å². The van der Waals surface area contributed by atoms with Gasteiger partial charge in [0.25, 0.3) is 0 Å². The van der Waals surface area contributed by atoms with E-state index in [9.17, 15) is 0 Å². The van der Waals surface area contributed by atoms with Gasteiger partial charge in [-0.3, -0.25) is 4.99 Å². The summed E-state index contributed by atoms with van der Waals surface area (Å²) in [6.45, 7) is 0. The molecule has 0 fully saturated rings. The summed E-state index contributed by atoms with van der Waals surface area (Å²) in [7, 11) is 8.86. The predicted molar refractivity (Wildman–Crippen MR) is 110 cm³/mol. The van der Waals surface area contributed by atoms with E-state index < -0.39 is 0 Å². The van der Waals surface area contributed by atoms with Gasteiger partial charge in [-0.15, -0.1) is 18.5 Å². The molecule has 0 aliphatic carbocycles. The summed E-state index contributed by atoms with van der Waals surface area (Å²) in [6, 6.07) is 15.9. The number of hydrogen-bond acceptors (Lipinski definition) is 3. The maximum atomic E-state index is 5.46. The van der Waals surface area contributed by atoms with E-state index in [1.54, 1.807) is 14.2 Å². The molecule has 0 heterocycles. The van der Waals surface area contributed by atoms with Gasteiger partial charge < -0.3 is 9.47 Å². The molecule has 0 radical (unpaired) electrons. The SMILES string of the molecule is COc1ccccc1/C(=C\N=C(\CP)c1ccccc1OC)CP. The summed E-state index contributed by atoms with van der Waals surface area (Å²) >= 11 is 0. The van der Waals surface area contributed by atoms with Crippen molar-refractivity contribution in [1.29, 1.82) is 0 Å². The van der Waals surface area contributed by atoms with Crippen LogP contribution in [0.1, 0.15) is 11.1 Å². The number of nitrogens with zero attached hydrogens (tertiary/aromatic N) is 1. The fourth-order valence-corrected chi connectivity index (χ4v) is 3.06. The normalized spacial score (nSPS) is 12.2. The molecule has 0 bridgehead atoms. The van der Waals surface area contributed by atoms with Gasteiger partial charge in [-0.05, 0) is 29.9 Å². The molecule has 2 unspecified atom stereocenters. The largest absolute Gasteiger partial charge is 0.496 e. The van der Waals surface area contributed by atoms with Crippen LogP contribution in [0.25, 0.3) is 5.57 Å². The van der Waals surface area contributed by atoms with Crippen molar-refractivity contribution in [2.75, 3.05) is 26.5 Å². The lowest BCUT2D eigenvalue weighted by Crippen LogP contribution is -2.04. The van der Waals surface area contributed by atoms with Gasteiger partial charge in [0.05, 0.1) is 19.9 Å². The van der Waals surface area contributed by atoms with Gasteiger partial charge >= 0.3 is 0 Å². The van der Waals surface area contributed by atoms with Crippen LogP contribution in [0.5, 0.6) is 11.5 Å². The van der Waals surface area contributed by atoms with E-state index in [-0.39, 0.29) is 0 Å². The first-order chi connectivity index (χ1) is 11.7. The first-order valence-electron chi connectivity index (χ1n) is 7.67. The number of para-hydroxylation sites is 2. The zero-order chi connectivity index (χ0) is 17.4. The van der Waals surface area contributed by atoms with Crippen molar-refractivity contribution in [2.45, 2.75) is 0 Å². The standard InChI is InChI=1S/C19H23NO2P2/c1-21-18-9-5-3-7-15(18)14(12-23)11-20-17(13-24)16-8-4-6-10-19(16)22-2/h3-11H,12-13,23-24H2,1-2H3/b14-11-,20-17-. The van der Waals surface area contributed by atoms with Gasteiger partial charge in [0.15, 0.2) is 0 Å². The fraction of sp³-hybridized carbons (Fsp3) is 0.211. The second-order valence-electron chi connectivity index (χ2n) is 5.04. The number of methoxy groups -OCH3 is 2. The summed E-state index contributed by atoms with van der Waals surface area (Å²) in [5.74, 6) is 1.68. The van der Waals surface area contributed by atoms with Crippen LogP contribution in [0.15, 0.2) is 59.7 Å². The molecule has 0 aromatic heterocycles. The van der Waals surface area contributed by atoms with Crippen LogP contribution in [0.3, 0.4) is 0 Å². The Bertz CT molecular complexity index is 678. The second-order valence-corrected chi connectivity index (χ2v) is 5.86. The van der Waals surface area contributed by atoms with Gasteiger partial charge in [0.1, 0.15) is 11.5 Å². The van der Waals surface area contributed by atoms with Crippen LogP contribution in [-0.4, -0.2) is 32.3 Å². The molecule has 126 valence electrons. The average Bonchev–Trinajstić information content (AvgIpc) is 2.65. The van der Waals surface area contributed by atoms with E-state index in [4.69, 9.17) is 14.5 Å². The number of rotatable bonds is 7. The fourth-order valence-electron chi connectivity index (χ4n) is 2.41. The molecule has 24 heavy (non-hydrogen) atoms. The molecular formula is C19H23NO2P2. The van der Waals surface area contributed by atoms with Gasteiger partial charge in [-0.1, -0.05) is 30.3 Å².